The third kappa shape index (κ3) is 1.71. The number of aryl methyl sites for hydroxylation is 1. The SMILES string of the molecule is Cc1ccncc1-c1c[nH]c(=O)[nH]c1=O. The van der Waals surface area contributed by atoms with Crippen LogP contribution in [-0.4, -0.2) is 15.0 Å². The summed E-state index contributed by atoms with van der Waals surface area (Å²) in [5.41, 5.74) is 1.15. The van der Waals surface area contributed by atoms with Gasteiger partial charge >= 0.3 is 5.69 Å². The van der Waals surface area contributed by atoms with E-state index in [1.807, 2.05) is 6.92 Å². The van der Waals surface area contributed by atoms with Gasteiger partial charge in [0.25, 0.3) is 5.56 Å². The maximum absolute atomic E-state index is 11.5. The second-order valence-corrected chi connectivity index (χ2v) is 3.18. The molecule has 5 heteroatoms. The quantitative estimate of drug-likeness (QED) is 0.705. The highest BCUT2D eigenvalue weighted by Crippen LogP contribution is 2.16. The van der Waals surface area contributed by atoms with Crippen molar-refractivity contribution < 1.29 is 0 Å². The number of aromatic amines is 2. The number of pyridine rings is 1. The van der Waals surface area contributed by atoms with E-state index in [0.717, 1.165) is 11.1 Å². The fraction of sp³-hybridized carbons (Fsp3) is 0.100. The first-order valence-corrected chi connectivity index (χ1v) is 4.41. The molecule has 0 unspecified atom stereocenters. The van der Waals surface area contributed by atoms with Crippen LogP contribution in [0.15, 0.2) is 34.2 Å². The van der Waals surface area contributed by atoms with Gasteiger partial charge in [0.1, 0.15) is 0 Å². The lowest BCUT2D eigenvalue weighted by molar-refractivity contribution is 1.04. The molecule has 0 aromatic carbocycles. The van der Waals surface area contributed by atoms with Gasteiger partial charge in [-0.2, -0.15) is 0 Å². The van der Waals surface area contributed by atoms with Crippen LogP contribution >= 0.6 is 0 Å². The van der Waals surface area contributed by atoms with Crippen LogP contribution in [0.1, 0.15) is 5.56 Å². The van der Waals surface area contributed by atoms with Gasteiger partial charge in [0.2, 0.25) is 0 Å². The number of hydrogen-bond donors (Lipinski definition) is 2. The van der Waals surface area contributed by atoms with Crippen molar-refractivity contribution in [3.8, 4) is 11.1 Å². The van der Waals surface area contributed by atoms with Crippen LogP contribution in [0, 0.1) is 6.92 Å². The molecule has 2 heterocycles. The van der Waals surface area contributed by atoms with E-state index < -0.39 is 11.2 Å². The third-order valence-corrected chi connectivity index (χ3v) is 2.15. The number of aromatic nitrogens is 3. The van der Waals surface area contributed by atoms with Gasteiger partial charge in [-0.25, -0.2) is 4.79 Å². The van der Waals surface area contributed by atoms with Crippen LogP contribution < -0.4 is 11.2 Å². The molecule has 0 aliphatic rings. The summed E-state index contributed by atoms with van der Waals surface area (Å²) in [5.74, 6) is 0. The molecule has 0 aliphatic heterocycles. The summed E-state index contributed by atoms with van der Waals surface area (Å²) in [6.45, 7) is 1.88. The van der Waals surface area contributed by atoms with E-state index in [4.69, 9.17) is 0 Å². The second kappa shape index (κ2) is 3.53. The van der Waals surface area contributed by atoms with Crippen LogP contribution in [0.3, 0.4) is 0 Å². The van der Waals surface area contributed by atoms with Crippen molar-refractivity contribution in [1.82, 2.24) is 15.0 Å². The van der Waals surface area contributed by atoms with Crippen molar-refractivity contribution >= 4 is 0 Å². The fourth-order valence-corrected chi connectivity index (χ4v) is 1.36. The average Bonchev–Trinajstić information content (AvgIpc) is 2.20. The second-order valence-electron chi connectivity index (χ2n) is 3.18. The first kappa shape index (κ1) is 9.39. The molecule has 0 spiro atoms. The van der Waals surface area contributed by atoms with Crippen LogP contribution in [0.5, 0.6) is 0 Å². The summed E-state index contributed by atoms with van der Waals surface area (Å²) in [4.78, 5) is 30.9. The molecule has 2 aromatic rings. The molecule has 2 aromatic heterocycles. The normalized spacial score (nSPS) is 10.2. The fourth-order valence-electron chi connectivity index (χ4n) is 1.36. The maximum Gasteiger partial charge on any atom is 0.325 e. The molecule has 0 saturated carbocycles. The highest BCUT2D eigenvalue weighted by Gasteiger charge is 2.05. The predicted molar refractivity (Wildman–Crippen MR) is 55.7 cm³/mol. The molecule has 0 fully saturated rings. The van der Waals surface area contributed by atoms with E-state index in [-0.39, 0.29) is 0 Å². The molecular weight excluding hydrogens is 194 g/mol. The number of hydrogen-bond acceptors (Lipinski definition) is 3. The Morgan fingerprint density at radius 3 is 2.73 bits per heavy atom. The van der Waals surface area contributed by atoms with Gasteiger partial charge in [-0.05, 0) is 18.6 Å². The summed E-state index contributed by atoms with van der Waals surface area (Å²) in [5, 5.41) is 0. The van der Waals surface area contributed by atoms with Gasteiger partial charge in [-0.1, -0.05) is 0 Å². The summed E-state index contributed by atoms with van der Waals surface area (Å²) < 4.78 is 0. The highest BCUT2D eigenvalue weighted by molar-refractivity contribution is 5.63. The number of nitrogens with zero attached hydrogens (tertiary/aromatic N) is 1. The van der Waals surface area contributed by atoms with Crippen LogP contribution in [0.2, 0.25) is 0 Å². The Bertz CT molecular complexity index is 598. The first-order valence-electron chi connectivity index (χ1n) is 4.41. The predicted octanol–water partition coefficient (Wildman–Crippen LogP) is 0.434. The van der Waals surface area contributed by atoms with Crippen molar-refractivity contribution in [2.75, 3.05) is 0 Å². The molecule has 0 atom stereocenters. The first-order chi connectivity index (χ1) is 7.18. The average molecular weight is 203 g/mol. The van der Waals surface area contributed by atoms with E-state index in [9.17, 15) is 9.59 Å². The zero-order valence-corrected chi connectivity index (χ0v) is 8.07. The van der Waals surface area contributed by atoms with Crippen molar-refractivity contribution in [2.24, 2.45) is 0 Å². The van der Waals surface area contributed by atoms with Gasteiger partial charge < -0.3 is 4.98 Å². The molecule has 5 nitrogen and oxygen atoms in total. The minimum absolute atomic E-state index is 0.408. The minimum Gasteiger partial charge on any atom is -0.313 e. The lowest BCUT2D eigenvalue weighted by Gasteiger charge is -2.02. The van der Waals surface area contributed by atoms with Gasteiger partial charge in [0.15, 0.2) is 0 Å². The van der Waals surface area contributed by atoms with Gasteiger partial charge in [0.05, 0.1) is 5.56 Å². The standard InChI is InChI=1S/C10H9N3O2/c1-6-2-3-11-4-7(6)8-5-12-10(15)13-9(8)14/h2-5H,1H3,(H2,12,13,14,15). The number of rotatable bonds is 1. The molecule has 76 valence electrons. The van der Waals surface area contributed by atoms with Crippen molar-refractivity contribution in [2.45, 2.75) is 6.92 Å². The molecular formula is C10H9N3O2. The number of H-pyrrole nitrogens is 2. The van der Waals surface area contributed by atoms with Gasteiger partial charge in [-0.15, -0.1) is 0 Å². The maximum atomic E-state index is 11.5. The molecule has 0 bridgehead atoms. The Morgan fingerprint density at radius 2 is 2.07 bits per heavy atom. The van der Waals surface area contributed by atoms with E-state index in [1.54, 1.807) is 18.5 Å². The highest BCUT2D eigenvalue weighted by atomic mass is 16.2. The van der Waals surface area contributed by atoms with Crippen molar-refractivity contribution in [1.29, 1.82) is 0 Å². The molecule has 15 heavy (non-hydrogen) atoms. The molecule has 0 radical (unpaired) electrons. The molecule has 2 N–H and O–H groups in total. The molecule has 0 aliphatic carbocycles. The minimum atomic E-state index is -0.509. The molecule has 0 saturated heterocycles. The lowest BCUT2D eigenvalue weighted by atomic mass is 10.1. The number of nitrogens with one attached hydrogen (secondary N) is 2. The van der Waals surface area contributed by atoms with Crippen molar-refractivity contribution in [3.05, 3.63) is 51.1 Å². The Morgan fingerprint density at radius 1 is 1.27 bits per heavy atom. The third-order valence-electron chi connectivity index (χ3n) is 2.15. The summed E-state index contributed by atoms with van der Waals surface area (Å²) in [7, 11) is 0. The van der Waals surface area contributed by atoms with E-state index in [1.165, 1.54) is 6.20 Å². The zero-order valence-electron chi connectivity index (χ0n) is 8.07. The largest absolute Gasteiger partial charge is 0.325 e. The summed E-state index contributed by atoms with van der Waals surface area (Å²) >= 11 is 0. The Labute approximate surface area is 84.8 Å². The monoisotopic (exact) mass is 203 g/mol. The van der Waals surface area contributed by atoms with Crippen molar-refractivity contribution in [3.63, 3.8) is 0 Å². The van der Waals surface area contributed by atoms with E-state index >= 15 is 0 Å². The smallest absolute Gasteiger partial charge is 0.313 e. The Kier molecular flexibility index (Phi) is 2.21. The Hall–Kier alpha value is -2.17. The van der Waals surface area contributed by atoms with Gasteiger partial charge in [0, 0.05) is 24.2 Å². The van der Waals surface area contributed by atoms with Gasteiger partial charge in [-0.3, -0.25) is 14.8 Å². The summed E-state index contributed by atoms with van der Waals surface area (Å²) in [6.07, 6.45) is 4.64. The Balaban J connectivity index is 2.70. The molecule has 0 amide bonds. The van der Waals surface area contributed by atoms with Crippen LogP contribution in [0.4, 0.5) is 0 Å². The van der Waals surface area contributed by atoms with E-state index in [0.29, 0.717) is 5.56 Å². The summed E-state index contributed by atoms with van der Waals surface area (Å²) in [6, 6.07) is 1.81. The molecule has 2 rings (SSSR count). The lowest BCUT2D eigenvalue weighted by Crippen LogP contribution is -2.22. The van der Waals surface area contributed by atoms with Crippen LogP contribution in [0.25, 0.3) is 11.1 Å². The zero-order chi connectivity index (χ0) is 10.8. The van der Waals surface area contributed by atoms with E-state index in [2.05, 4.69) is 15.0 Å². The van der Waals surface area contributed by atoms with Crippen LogP contribution in [-0.2, 0) is 0 Å². The topological polar surface area (TPSA) is 78.6 Å².